The lowest BCUT2D eigenvalue weighted by molar-refractivity contribution is 0.174. The lowest BCUT2D eigenvalue weighted by atomic mass is 9.89. The summed E-state index contributed by atoms with van der Waals surface area (Å²) in [7, 11) is 3.26. The minimum Gasteiger partial charge on any atom is -0.448 e. The molecule has 454 valence electrons. The minimum atomic E-state index is -0.0843. The van der Waals surface area contributed by atoms with Gasteiger partial charge >= 0.3 is 0 Å². The van der Waals surface area contributed by atoms with Crippen LogP contribution in [0.4, 0.5) is 0 Å². The lowest BCUT2D eigenvalue weighted by Crippen LogP contribution is -2.17. The van der Waals surface area contributed by atoms with Crippen molar-refractivity contribution in [2.75, 3.05) is 20.8 Å². The topological polar surface area (TPSA) is 254 Å². The summed E-state index contributed by atoms with van der Waals surface area (Å²) in [5.41, 5.74) is 4.45. The Bertz CT molecular complexity index is 2560. The molecule has 6 aromatic heterocycles. The molecule has 8 rings (SSSR count). The van der Waals surface area contributed by atoms with E-state index < -0.39 is 0 Å². The normalized spacial score (nSPS) is 13.4. The molecule has 20 nitrogen and oxygen atoms in total. The molecule has 0 fully saturated rings. The van der Waals surface area contributed by atoms with Crippen LogP contribution >= 0.6 is 0 Å². The Kier molecular flexibility index (Phi) is 29.1. The first-order valence-corrected chi connectivity index (χ1v) is 27.7. The summed E-state index contributed by atoms with van der Waals surface area (Å²) >= 11 is 0. The van der Waals surface area contributed by atoms with Crippen LogP contribution in [-0.4, -0.2) is 88.1 Å². The van der Waals surface area contributed by atoms with E-state index in [9.17, 15) is 0 Å². The Hall–Kier alpha value is -6.28. The van der Waals surface area contributed by atoms with E-state index in [-0.39, 0.29) is 43.3 Å². The van der Waals surface area contributed by atoms with E-state index >= 15 is 0 Å². The van der Waals surface area contributed by atoms with Crippen LogP contribution in [-0.2, 0) is 61.4 Å². The number of aromatic nitrogens is 11. The van der Waals surface area contributed by atoms with Crippen LogP contribution in [0.2, 0.25) is 0 Å². The summed E-state index contributed by atoms with van der Waals surface area (Å²) < 4.78 is 35.1. The highest BCUT2D eigenvalue weighted by molar-refractivity contribution is 5.92. The van der Waals surface area contributed by atoms with E-state index in [0.29, 0.717) is 54.8 Å². The molecule has 2 aliphatic heterocycles. The summed E-state index contributed by atoms with van der Waals surface area (Å²) in [5, 5.41) is 25.4. The number of oxazole rings is 1. The molecule has 8 heterocycles. The third-order valence-electron chi connectivity index (χ3n) is 10.9. The molecule has 0 aromatic carbocycles. The van der Waals surface area contributed by atoms with Crippen LogP contribution in [0.5, 0.6) is 0 Å². The number of methoxy groups -OCH3 is 2. The maximum atomic E-state index is 5.11. The number of aryl methyl sites for hydroxylation is 1. The molecule has 0 saturated heterocycles. The van der Waals surface area contributed by atoms with Crippen LogP contribution in [0.25, 0.3) is 0 Å². The van der Waals surface area contributed by atoms with Crippen LogP contribution in [0, 0.1) is 10.8 Å². The highest BCUT2D eigenvalue weighted by Crippen LogP contribution is 2.25. The zero-order valence-corrected chi connectivity index (χ0v) is 54.7. The summed E-state index contributed by atoms with van der Waals surface area (Å²) in [6.45, 7) is 53.4. The standard InChI is InChI=1S/C9H16N2O2.C8H14N2O2.C8H14N2O.2C8H13N.C7H12N2.C7H11NO.C6H10N2O/c1-9(2,3)8-10-7(11-13-8)5-6-12-4;1-8(2,3)7-9-6(5-11-4)10-12-7;1-5-6-9-7(11-10-6)8(2,3)4;2*1-8(2,3)7-5-4-6-9-7;1-7(2,3)6-4-8-9-5-6;1-7(2,3)6-8-4-5-9-6;1-6(2,3)5-8-7-4-9-5/h5-6H2,1-4H3;5H2,1-4H3;5H2,1-4H3;2*4,6H,5H2,1-3H3;4-5H,1-3H3,(H,8,9);4-5H,1-3H3;4H,1-3H3. The molecule has 0 radical (unpaired) electrons. The molecule has 0 spiro atoms. The van der Waals surface area contributed by atoms with Crippen molar-refractivity contribution in [2.24, 2.45) is 20.8 Å². The molecular formula is C61H103N13O7. The Balaban J connectivity index is 0.000000465. The van der Waals surface area contributed by atoms with Gasteiger partial charge < -0.3 is 31.9 Å². The molecule has 2 aliphatic rings. The van der Waals surface area contributed by atoms with Gasteiger partial charge in [-0.3, -0.25) is 15.1 Å². The second-order valence-electron chi connectivity index (χ2n) is 27.5. The zero-order chi connectivity index (χ0) is 62.1. The van der Waals surface area contributed by atoms with Gasteiger partial charge in [0.05, 0.1) is 19.0 Å². The molecule has 0 amide bonds. The fraction of sp³-hybridized carbons (Fsp3) is 0.672. The summed E-state index contributed by atoms with van der Waals surface area (Å²) in [5.74, 6) is 5.62. The van der Waals surface area contributed by atoms with Crippen molar-refractivity contribution in [3.05, 3.63) is 108 Å². The molecule has 0 unspecified atom stereocenters. The van der Waals surface area contributed by atoms with Gasteiger partial charge in [0, 0.05) is 108 Å². The van der Waals surface area contributed by atoms with Gasteiger partial charge in [0.15, 0.2) is 23.4 Å². The monoisotopic (exact) mass is 1130 g/mol. The molecule has 81 heavy (non-hydrogen) atoms. The van der Waals surface area contributed by atoms with E-state index in [1.165, 1.54) is 23.4 Å². The van der Waals surface area contributed by atoms with Crippen molar-refractivity contribution in [1.29, 1.82) is 0 Å². The van der Waals surface area contributed by atoms with Crippen molar-refractivity contribution >= 4 is 11.4 Å². The number of aromatic amines is 1. The molecule has 0 aliphatic carbocycles. The number of nitrogens with zero attached hydrogens (tertiary/aromatic N) is 12. The lowest BCUT2D eigenvalue weighted by Gasteiger charge is -2.17. The van der Waals surface area contributed by atoms with Crippen LogP contribution in [0.3, 0.4) is 0 Å². The van der Waals surface area contributed by atoms with Gasteiger partial charge in [-0.15, -0.1) is 10.2 Å². The van der Waals surface area contributed by atoms with Gasteiger partial charge in [0.2, 0.25) is 30.0 Å². The van der Waals surface area contributed by atoms with Gasteiger partial charge in [-0.05, 0) is 11.0 Å². The van der Waals surface area contributed by atoms with E-state index in [4.69, 9.17) is 31.9 Å². The second-order valence-corrected chi connectivity index (χ2v) is 27.5. The highest BCUT2D eigenvalue weighted by Gasteiger charge is 2.25. The van der Waals surface area contributed by atoms with E-state index in [1.54, 1.807) is 26.7 Å². The number of hydrogen-bond donors (Lipinski definition) is 1. The number of allylic oxidation sites excluding steroid dienone is 2. The van der Waals surface area contributed by atoms with Crippen molar-refractivity contribution < 1.29 is 31.9 Å². The van der Waals surface area contributed by atoms with Crippen LogP contribution in [0.15, 0.2) is 88.2 Å². The Labute approximate surface area is 485 Å². The van der Waals surface area contributed by atoms with E-state index in [0.717, 1.165) is 31.0 Å². The van der Waals surface area contributed by atoms with Gasteiger partial charge in [0.1, 0.15) is 12.9 Å². The largest absolute Gasteiger partial charge is 0.448 e. The highest BCUT2D eigenvalue weighted by atomic mass is 16.5. The summed E-state index contributed by atoms with van der Waals surface area (Å²) in [6.07, 6.45) is 20.0. The zero-order valence-electron chi connectivity index (χ0n) is 54.7. The Morgan fingerprint density at radius 2 is 0.951 bits per heavy atom. The van der Waals surface area contributed by atoms with Crippen molar-refractivity contribution in [1.82, 2.24) is 55.8 Å². The second kappa shape index (κ2) is 32.4. The maximum Gasteiger partial charge on any atom is 0.232 e. The third-order valence-corrected chi connectivity index (χ3v) is 10.9. The fourth-order valence-corrected chi connectivity index (χ4v) is 5.78. The predicted octanol–water partition coefficient (Wildman–Crippen LogP) is 14.8. The predicted molar refractivity (Wildman–Crippen MR) is 321 cm³/mol. The average Bonchev–Trinajstić information content (AvgIpc) is 4.20. The average molecular weight is 1130 g/mol. The van der Waals surface area contributed by atoms with Crippen LogP contribution < -0.4 is 0 Å². The number of rotatable bonds is 6. The molecule has 6 aromatic rings. The summed E-state index contributed by atoms with van der Waals surface area (Å²) in [4.78, 5) is 25.2. The number of aliphatic imine (C=N–C) groups is 2. The number of hydrogen-bond acceptors (Lipinski definition) is 19. The summed E-state index contributed by atoms with van der Waals surface area (Å²) in [6, 6.07) is 0. The number of ether oxygens (including phenoxy) is 2. The Morgan fingerprint density at radius 3 is 1.20 bits per heavy atom. The molecular weight excluding hydrogens is 1030 g/mol. The first-order valence-electron chi connectivity index (χ1n) is 27.7. The molecule has 1 N–H and O–H groups in total. The molecule has 0 atom stereocenters. The quantitative estimate of drug-likeness (QED) is 0.163. The number of nitrogens with one attached hydrogen (secondary N) is 1. The van der Waals surface area contributed by atoms with Crippen molar-refractivity contribution in [3.63, 3.8) is 0 Å². The van der Waals surface area contributed by atoms with Crippen molar-refractivity contribution in [2.45, 2.75) is 238 Å². The SMILES string of the molecule is CC(C)(C)C1=NC=CC1.CC(C)(C)C1=NC=CC1.CC(C)(C)c1cn[nH]c1.CC(C)(C)c1ncco1.CC(C)(C)c1nnco1.CCc1noc(C(C)(C)C)n1.COCCc1noc(C(C)(C)C)n1.COCc1noc(C(C)(C)C)n1. The number of H-pyrrole nitrogens is 1. The first kappa shape index (κ1) is 72.7. The van der Waals surface area contributed by atoms with Gasteiger partial charge in [-0.2, -0.15) is 20.1 Å². The van der Waals surface area contributed by atoms with E-state index in [2.05, 4.69) is 182 Å². The smallest absolute Gasteiger partial charge is 0.232 e. The maximum absolute atomic E-state index is 5.11. The fourth-order valence-electron chi connectivity index (χ4n) is 5.78. The molecule has 20 heteroatoms. The minimum absolute atomic E-state index is 0.0174. The van der Waals surface area contributed by atoms with Crippen molar-refractivity contribution in [3.8, 4) is 0 Å². The van der Waals surface area contributed by atoms with Gasteiger partial charge in [-0.1, -0.05) is 201 Å². The third kappa shape index (κ3) is 29.8. The molecule has 0 bridgehead atoms. The van der Waals surface area contributed by atoms with Gasteiger partial charge in [-0.25, -0.2) is 4.98 Å². The van der Waals surface area contributed by atoms with Gasteiger partial charge in [0.25, 0.3) is 0 Å². The van der Waals surface area contributed by atoms with E-state index in [1.807, 2.05) is 94.0 Å². The van der Waals surface area contributed by atoms with Crippen LogP contribution in [0.1, 0.15) is 238 Å². The Morgan fingerprint density at radius 1 is 0.506 bits per heavy atom. The first-order chi connectivity index (χ1) is 37.1. The molecule has 0 saturated carbocycles.